The molecule has 1 aromatic carbocycles. The number of hydrogen-bond donors (Lipinski definition) is 2. The smallest absolute Gasteiger partial charge is 0.255 e. The molecule has 3 rings (SSSR count). The maximum absolute atomic E-state index is 13.2. The molecule has 10 heteroatoms. The number of ether oxygens (including phenoxy) is 1. The Hall–Kier alpha value is -2.81. The molecule has 1 fully saturated rings. The Balaban J connectivity index is 1.75. The number of hydrogen-bond acceptors (Lipinski definition) is 5. The van der Waals surface area contributed by atoms with Crippen LogP contribution in [0.1, 0.15) is 69.2 Å². The van der Waals surface area contributed by atoms with Gasteiger partial charge in [-0.2, -0.15) is 0 Å². The molecular formula is C27H39ClN4O5. The molecule has 0 unspecified atom stereocenters. The van der Waals surface area contributed by atoms with E-state index in [1.165, 1.54) is 4.90 Å². The van der Waals surface area contributed by atoms with Crippen LogP contribution in [0.2, 0.25) is 5.02 Å². The van der Waals surface area contributed by atoms with Gasteiger partial charge in [0.15, 0.2) is 0 Å². The maximum Gasteiger partial charge on any atom is 0.255 e. The van der Waals surface area contributed by atoms with Gasteiger partial charge in [0.1, 0.15) is 12.4 Å². The molecule has 2 N–H and O–H groups in total. The van der Waals surface area contributed by atoms with Crippen LogP contribution in [0.4, 0.5) is 0 Å². The molecule has 0 radical (unpaired) electrons. The molecule has 2 aliphatic rings. The molecule has 2 heterocycles. The summed E-state index contributed by atoms with van der Waals surface area (Å²) >= 11 is 6.13. The van der Waals surface area contributed by atoms with Gasteiger partial charge in [-0.1, -0.05) is 31.9 Å². The second kappa shape index (κ2) is 14.2. The number of carbonyl (C=O) groups is 4. The lowest BCUT2D eigenvalue weighted by molar-refractivity contribution is -0.142. The predicted octanol–water partition coefficient (Wildman–Crippen LogP) is 3.00. The second-order valence-corrected chi connectivity index (χ2v) is 10.7. The summed E-state index contributed by atoms with van der Waals surface area (Å²) in [5.74, 6) is -0.119. The van der Waals surface area contributed by atoms with Gasteiger partial charge in [0.05, 0.1) is 24.7 Å². The van der Waals surface area contributed by atoms with Gasteiger partial charge in [-0.25, -0.2) is 0 Å². The van der Waals surface area contributed by atoms with Gasteiger partial charge in [-0.3, -0.25) is 19.2 Å². The number of nitrogens with one attached hydrogen (secondary N) is 2. The molecule has 37 heavy (non-hydrogen) atoms. The monoisotopic (exact) mass is 534 g/mol. The van der Waals surface area contributed by atoms with E-state index in [1.807, 2.05) is 0 Å². The normalized spacial score (nSPS) is 20.6. The van der Waals surface area contributed by atoms with Crippen LogP contribution < -0.4 is 15.4 Å². The first-order valence-corrected chi connectivity index (χ1v) is 13.7. The van der Waals surface area contributed by atoms with Gasteiger partial charge in [0, 0.05) is 31.1 Å². The first-order valence-electron chi connectivity index (χ1n) is 13.3. The second-order valence-electron chi connectivity index (χ2n) is 10.2. The average molecular weight is 535 g/mol. The van der Waals surface area contributed by atoms with Crippen molar-refractivity contribution in [2.75, 3.05) is 39.3 Å². The van der Waals surface area contributed by atoms with Gasteiger partial charge < -0.3 is 25.2 Å². The van der Waals surface area contributed by atoms with Gasteiger partial charge in [-0.15, -0.1) is 0 Å². The van der Waals surface area contributed by atoms with Crippen molar-refractivity contribution in [3.05, 3.63) is 28.8 Å². The Bertz CT molecular complexity index is 970. The minimum Gasteiger partial charge on any atom is -0.491 e. The van der Waals surface area contributed by atoms with Crippen molar-refractivity contribution in [1.29, 1.82) is 0 Å². The summed E-state index contributed by atoms with van der Waals surface area (Å²) < 4.78 is 5.99. The number of fused-ring (bicyclic) bond motifs is 1. The van der Waals surface area contributed by atoms with E-state index >= 15 is 0 Å². The van der Waals surface area contributed by atoms with Crippen molar-refractivity contribution >= 4 is 35.2 Å². The Morgan fingerprint density at radius 3 is 2.68 bits per heavy atom. The lowest BCUT2D eigenvalue weighted by Gasteiger charge is -2.28. The minimum absolute atomic E-state index is 0.00910. The zero-order valence-corrected chi connectivity index (χ0v) is 22.6. The summed E-state index contributed by atoms with van der Waals surface area (Å²) in [5, 5.41) is 6.34. The van der Waals surface area contributed by atoms with Gasteiger partial charge in [0.25, 0.3) is 5.91 Å². The Morgan fingerprint density at radius 1 is 1.11 bits per heavy atom. The highest BCUT2D eigenvalue weighted by Gasteiger charge is 2.25. The lowest BCUT2D eigenvalue weighted by atomic mass is 10.0. The third kappa shape index (κ3) is 9.22. The van der Waals surface area contributed by atoms with Crippen LogP contribution in [0.3, 0.4) is 0 Å². The van der Waals surface area contributed by atoms with E-state index in [-0.39, 0.29) is 55.3 Å². The maximum atomic E-state index is 13.2. The topological polar surface area (TPSA) is 108 Å². The summed E-state index contributed by atoms with van der Waals surface area (Å²) in [7, 11) is 0. The first-order chi connectivity index (χ1) is 17.7. The highest BCUT2D eigenvalue weighted by Crippen LogP contribution is 2.24. The summed E-state index contributed by atoms with van der Waals surface area (Å²) in [6.45, 7) is 5.49. The number of amides is 4. The van der Waals surface area contributed by atoms with E-state index in [0.29, 0.717) is 61.7 Å². The Kier molecular flexibility index (Phi) is 11.0. The number of rotatable bonds is 4. The standard InChI is InChI=1S/C27H39ClN4O5/c1-19(2)14-21-18-37-23-10-9-20(28)15-22(23)27(36)29-11-5-7-13-31(16-24(33)30-21)26(35)17-32-12-6-3-4-8-25(32)34/h9-10,15,19,21H,3-8,11-14,16-18H2,1-2H3,(H,29,36)(H,30,33)/t21-/m1/s1. The quantitative estimate of drug-likeness (QED) is 0.617. The summed E-state index contributed by atoms with van der Waals surface area (Å²) in [6.07, 6.45) is 5.03. The van der Waals surface area contributed by atoms with Crippen LogP contribution in [0, 0.1) is 5.92 Å². The SMILES string of the molecule is CC(C)C[C@@H]1COc2ccc(Cl)cc2C(=O)NCCCCN(C(=O)CN2CCCCCC2=O)CC(=O)N1. The van der Waals surface area contributed by atoms with Crippen LogP contribution in [-0.4, -0.2) is 78.8 Å². The van der Waals surface area contributed by atoms with E-state index in [1.54, 1.807) is 23.1 Å². The number of carbonyl (C=O) groups excluding carboxylic acids is 4. The number of benzene rings is 1. The molecule has 1 atom stereocenters. The van der Waals surface area contributed by atoms with Crippen molar-refractivity contribution in [2.45, 2.75) is 64.8 Å². The van der Waals surface area contributed by atoms with Crippen molar-refractivity contribution in [2.24, 2.45) is 5.92 Å². The van der Waals surface area contributed by atoms with Crippen molar-refractivity contribution < 1.29 is 23.9 Å². The zero-order valence-electron chi connectivity index (χ0n) is 21.9. The van der Waals surface area contributed by atoms with Crippen molar-refractivity contribution in [1.82, 2.24) is 20.4 Å². The number of nitrogens with zero attached hydrogens (tertiary/aromatic N) is 2. The fraction of sp³-hybridized carbons (Fsp3) is 0.630. The summed E-state index contributed by atoms with van der Waals surface area (Å²) in [4.78, 5) is 54.6. The Morgan fingerprint density at radius 2 is 1.89 bits per heavy atom. The van der Waals surface area contributed by atoms with Gasteiger partial charge >= 0.3 is 0 Å². The van der Waals surface area contributed by atoms with Crippen LogP contribution >= 0.6 is 11.6 Å². The van der Waals surface area contributed by atoms with E-state index < -0.39 is 0 Å². The zero-order chi connectivity index (χ0) is 26.8. The molecule has 0 spiro atoms. The lowest BCUT2D eigenvalue weighted by Crippen LogP contribution is -2.49. The van der Waals surface area contributed by atoms with E-state index in [0.717, 1.165) is 19.3 Å². The fourth-order valence-corrected chi connectivity index (χ4v) is 4.84. The number of likely N-dealkylation sites (tertiary alicyclic amines) is 1. The molecule has 1 saturated heterocycles. The molecule has 0 aliphatic carbocycles. The third-order valence-corrected chi connectivity index (χ3v) is 6.81. The molecule has 9 nitrogen and oxygen atoms in total. The molecule has 1 aromatic rings. The van der Waals surface area contributed by atoms with E-state index in [4.69, 9.17) is 16.3 Å². The predicted molar refractivity (Wildman–Crippen MR) is 142 cm³/mol. The molecule has 4 amide bonds. The molecule has 0 aromatic heterocycles. The van der Waals surface area contributed by atoms with E-state index in [9.17, 15) is 19.2 Å². The van der Waals surface area contributed by atoms with Crippen LogP contribution in [0.25, 0.3) is 0 Å². The Labute approximate surface area is 224 Å². The molecule has 2 aliphatic heterocycles. The van der Waals surface area contributed by atoms with Crippen LogP contribution in [0.5, 0.6) is 5.75 Å². The van der Waals surface area contributed by atoms with Gasteiger partial charge in [0.2, 0.25) is 17.7 Å². The summed E-state index contributed by atoms with van der Waals surface area (Å²) in [5.41, 5.74) is 0.343. The first kappa shape index (κ1) is 28.8. The molecule has 0 bridgehead atoms. The number of halogens is 1. The van der Waals surface area contributed by atoms with Crippen molar-refractivity contribution in [3.63, 3.8) is 0 Å². The average Bonchev–Trinajstić information content (AvgIpc) is 3.04. The molecule has 204 valence electrons. The van der Waals surface area contributed by atoms with Crippen LogP contribution in [0.15, 0.2) is 18.2 Å². The molecular weight excluding hydrogens is 496 g/mol. The van der Waals surface area contributed by atoms with E-state index in [2.05, 4.69) is 24.5 Å². The van der Waals surface area contributed by atoms with Crippen molar-refractivity contribution in [3.8, 4) is 5.75 Å². The highest BCUT2D eigenvalue weighted by atomic mass is 35.5. The van der Waals surface area contributed by atoms with Crippen LogP contribution in [-0.2, 0) is 14.4 Å². The molecule has 0 saturated carbocycles. The minimum atomic E-state index is -0.312. The summed E-state index contributed by atoms with van der Waals surface area (Å²) in [6, 6.07) is 4.59. The van der Waals surface area contributed by atoms with Gasteiger partial charge in [-0.05, 0) is 56.2 Å². The third-order valence-electron chi connectivity index (χ3n) is 6.57. The highest BCUT2D eigenvalue weighted by molar-refractivity contribution is 6.31. The largest absolute Gasteiger partial charge is 0.491 e. The fourth-order valence-electron chi connectivity index (χ4n) is 4.67.